The summed E-state index contributed by atoms with van der Waals surface area (Å²) < 4.78 is 0. The van der Waals surface area contributed by atoms with Crippen LogP contribution in [0.4, 0.5) is 0 Å². The van der Waals surface area contributed by atoms with Crippen molar-refractivity contribution in [1.82, 2.24) is 0 Å². The SMILES string of the molecule is C/C=C(\C=NC)Cc1ccccc1. The van der Waals surface area contributed by atoms with Gasteiger partial charge in [0.05, 0.1) is 0 Å². The maximum atomic E-state index is 4.01. The zero-order valence-electron chi connectivity index (χ0n) is 8.20. The Bertz CT molecular complexity index is 296. The zero-order chi connectivity index (χ0) is 9.52. The van der Waals surface area contributed by atoms with E-state index in [-0.39, 0.29) is 0 Å². The van der Waals surface area contributed by atoms with Crippen LogP contribution in [0.15, 0.2) is 47.0 Å². The van der Waals surface area contributed by atoms with Crippen LogP contribution in [0, 0.1) is 0 Å². The summed E-state index contributed by atoms with van der Waals surface area (Å²) in [4.78, 5) is 4.01. The summed E-state index contributed by atoms with van der Waals surface area (Å²) in [6, 6.07) is 10.4. The molecule has 1 rings (SSSR count). The van der Waals surface area contributed by atoms with Gasteiger partial charge in [0.15, 0.2) is 0 Å². The predicted octanol–water partition coefficient (Wildman–Crippen LogP) is 2.88. The summed E-state index contributed by atoms with van der Waals surface area (Å²) >= 11 is 0. The Balaban J connectivity index is 2.68. The highest BCUT2D eigenvalue weighted by Gasteiger charge is 1.93. The molecule has 13 heavy (non-hydrogen) atoms. The molecular formula is C12H15N. The topological polar surface area (TPSA) is 12.4 Å². The predicted molar refractivity (Wildman–Crippen MR) is 58.3 cm³/mol. The Labute approximate surface area is 79.8 Å². The lowest BCUT2D eigenvalue weighted by Crippen LogP contribution is -1.91. The van der Waals surface area contributed by atoms with Crippen LogP contribution in [-0.2, 0) is 6.42 Å². The van der Waals surface area contributed by atoms with Gasteiger partial charge in [0.2, 0.25) is 0 Å². The zero-order valence-corrected chi connectivity index (χ0v) is 8.20. The summed E-state index contributed by atoms with van der Waals surface area (Å²) in [5, 5.41) is 0. The minimum atomic E-state index is 0.967. The normalized spacial score (nSPS) is 12.3. The van der Waals surface area contributed by atoms with Crippen molar-refractivity contribution >= 4 is 6.21 Å². The van der Waals surface area contributed by atoms with Crippen molar-refractivity contribution in [3.63, 3.8) is 0 Å². The lowest BCUT2D eigenvalue weighted by Gasteiger charge is -2.00. The van der Waals surface area contributed by atoms with Crippen molar-refractivity contribution in [2.75, 3.05) is 7.05 Å². The molecule has 0 saturated heterocycles. The number of rotatable bonds is 3. The summed E-state index contributed by atoms with van der Waals surface area (Å²) in [6.07, 6.45) is 4.97. The molecule has 0 aliphatic carbocycles. The number of allylic oxidation sites excluding steroid dienone is 2. The molecule has 0 N–H and O–H groups in total. The highest BCUT2D eigenvalue weighted by Crippen LogP contribution is 2.05. The van der Waals surface area contributed by atoms with Gasteiger partial charge in [-0.25, -0.2) is 0 Å². The fourth-order valence-electron chi connectivity index (χ4n) is 1.22. The number of nitrogens with zero attached hydrogens (tertiary/aromatic N) is 1. The van der Waals surface area contributed by atoms with Gasteiger partial charge in [-0.3, -0.25) is 4.99 Å². The van der Waals surface area contributed by atoms with Gasteiger partial charge >= 0.3 is 0 Å². The Hall–Kier alpha value is -1.37. The van der Waals surface area contributed by atoms with Gasteiger partial charge < -0.3 is 0 Å². The first kappa shape index (κ1) is 9.72. The summed E-state index contributed by atoms with van der Waals surface area (Å²) in [6.45, 7) is 2.04. The summed E-state index contributed by atoms with van der Waals surface area (Å²) in [7, 11) is 1.80. The standard InChI is InChI=1S/C12H15N/c1-3-11(10-13-2)9-12-7-5-4-6-8-12/h3-8,10H,9H2,1-2H3/b11-3-,13-10?. The van der Waals surface area contributed by atoms with E-state index in [1.807, 2.05) is 19.2 Å². The van der Waals surface area contributed by atoms with Gasteiger partial charge in [-0.1, -0.05) is 36.4 Å². The lowest BCUT2D eigenvalue weighted by atomic mass is 10.1. The Kier molecular flexibility index (Phi) is 3.97. The van der Waals surface area contributed by atoms with Crippen molar-refractivity contribution in [3.05, 3.63) is 47.5 Å². The smallest absolute Gasteiger partial charge is 0.0277 e. The first-order chi connectivity index (χ1) is 6.36. The van der Waals surface area contributed by atoms with Gasteiger partial charge in [0.1, 0.15) is 0 Å². The van der Waals surface area contributed by atoms with Gasteiger partial charge in [-0.05, 0) is 24.5 Å². The van der Waals surface area contributed by atoms with Gasteiger partial charge in [0, 0.05) is 13.3 Å². The molecule has 0 unspecified atom stereocenters. The molecule has 1 heteroatoms. The van der Waals surface area contributed by atoms with E-state index in [1.165, 1.54) is 11.1 Å². The van der Waals surface area contributed by atoms with Crippen LogP contribution >= 0.6 is 0 Å². The summed E-state index contributed by atoms with van der Waals surface area (Å²) in [5.74, 6) is 0. The second-order valence-electron chi connectivity index (χ2n) is 2.91. The Morgan fingerprint density at radius 3 is 2.54 bits per heavy atom. The van der Waals surface area contributed by atoms with Crippen LogP contribution < -0.4 is 0 Å². The monoisotopic (exact) mass is 173 g/mol. The fraction of sp³-hybridized carbons (Fsp3) is 0.250. The van der Waals surface area contributed by atoms with E-state index in [0.717, 1.165) is 6.42 Å². The number of hydrogen-bond acceptors (Lipinski definition) is 1. The van der Waals surface area contributed by atoms with Crippen LogP contribution in [-0.4, -0.2) is 13.3 Å². The van der Waals surface area contributed by atoms with E-state index in [0.29, 0.717) is 0 Å². The van der Waals surface area contributed by atoms with Crippen molar-refractivity contribution in [3.8, 4) is 0 Å². The molecule has 0 spiro atoms. The molecule has 68 valence electrons. The van der Waals surface area contributed by atoms with Crippen LogP contribution in [0.3, 0.4) is 0 Å². The average Bonchev–Trinajstić information content (AvgIpc) is 2.19. The number of aliphatic imine (C=N–C) groups is 1. The molecule has 0 heterocycles. The van der Waals surface area contributed by atoms with E-state index in [1.54, 1.807) is 7.05 Å². The van der Waals surface area contributed by atoms with E-state index in [4.69, 9.17) is 0 Å². The van der Waals surface area contributed by atoms with E-state index in [2.05, 4.69) is 35.3 Å². The van der Waals surface area contributed by atoms with E-state index >= 15 is 0 Å². The minimum Gasteiger partial charge on any atom is -0.296 e. The largest absolute Gasteiger partial charge is 0.296 e. The molecule has 1 aromatic rings. The van der Waals surface area contributed by atoms with Crippen molar-refractivity contribution in [2.24, 2.45) is 4.99 Å². The molecule has 0 aliphatic rings. The molecular weight excluding hydrogens is 158 g/mol. The molecule has 1 aromatic carbocycles. The second kappa shape index (κ2) is 5.31. The van der Waals surface area contributed by atoms with Gasteiger partial charge in [0.25, 0.3) is 0 Å². The second-order valence-corrected chi connectivity index (χ2v) is 2.91. The van der Waals surface area contributed by atoms with Gasteiger partial charge in [-0.15, -0.1) is 0 Å². The number of hydrogen-bond donors (Lipinski definition) is 0. The quantitative estimate of drug-likeness (QED) is 0.623. The van der Waals surface area contributed by atoms with Gasteiger partial charge in [-0.2, -0.15) is 0 Å². The molecule has 0 amide bonds. The molecule has 0 bridgehead atoms. The van der Waals surface area contributed by atoms with E-state index < -0.39 is 0 Å². The lowest BCUT2D eigenvalue weighted by molar-refractivity contribution is 1.21. The van der Waals surface area contributed by atoms with Crippen molar-refractivity contribution < 1.29 is 0 Å². The van der Waals surface area contributed by atoms with E-state index in [9.17, 15) is 0 Å². The fourth-order valence-corrected chi connectivity index (χ4v) is 1.22. The molecule has 0 radical (unpaired) electrons. The molecule has 0 aliphatic heterocycles. The Morgan fingerprint density at radius 2 is 2.00 bits per heavy atom. The molecule has 0 saturated carbocycles. The molecule has 1 nitrogen and oxygen atoms in total. The molecule has 0 fully saturated rings. The average molecular weight is 173 g/mol. The third-order valence-electron chi connectivity index (χ3n) is 1.92. The summed E-state index contributed by atoms with van der Waals surface area (Å²) in [5.41, 5.74) is 2.59. The Morgan fingerprint density at radius 1 is 1.31 bits per heavy atom. The van der Waals surface area contributed by atoms with Crippen LogP contribution in [0.1, 0.15) is 12.5 Å². The number of benzene rings is 1. The van der Waals surface area contributed by atoms with Crippen LogP contribution in [0.5, 0.6) is 0 Å². The van der Waals surface area contributed by atoms with Crippen LogP contribution in [0.25, 0.3) is 0 Å². The first-order valence-corrected chi connectivity index (χ1v) is 4.48. The molecule has 0 aromatic heterocycles. The van der Waals surface area contributed by atoms with Crippen molar-refractivity contribution in [1.29, 1.82) is 0 Å². The van der Waals surface area contributed by atoms with Crippen LogP contribution in [0.2, 0.25) is 0 Å². The first-order valence-electron chi connectivity index (χ1n) is 4.48. The third kappa shape index (κ3) is 3.24. The minimum absolute atomic E-state index is 0.967. The highest BCUT2D eigenvalue weighted by atomic mass is 14.6. The maximum Gasteiger partial charge on any atom is 0.0277 e. The highest BCUT2D eigenvalue weighted by molar-refractivity contribution is 5.78. The maximum absolute atomic E-state index is 4.01. The van der Waals surface area contributed by atoms with Crippen molar-refractivity contribution in [2.45, 2.75) is 13.3 Å². The molecule has 0 atom stereocenters. The third-order valence-corrected chi connectivity index (χ3v) is 1.92.